The first-order valence-corrected chi connectivity index (χ1v) is 22.8. The maximum Gasteiger partial charge on any atom is 0.261 e. The predicted molar refractivity (Wildman–Crippen MR) is 235 cm³/mol. The van der Waals surface area contributed by atoms with Crippen molar-refractivity contribution >= 4 is 35.4 Å². The summed E-state index contributed by atoms with van der Waals surface area (Å²) in [6, 6.07) is 29.6. The highest BCUT2D eigenvalue weighted by Gasteiger charge is 2.44. The lowest BCUT2D eigenvalue weighted by molar-refractivity contribution is -0.142. The molecular formula is C52H56N4O6. The van der Waals surface area contributed by atoms with E-state index >= 15 is 0 Å². The molecule has 4 aliphatic heterocycles. The fourth-order valence-corrected chi connectivity index (χ4v) is 11.2. The van der Waals surface area contributed by atoms with Gasteiger partial charge >= 0.3 is 0 Å². The first-order valence-electron chi connectivity index (χ1n) is 22.8. The van der Waals surface area contributed by atoms with Crippen molar-refractivity contribution < 1.29 is 28.8 Å². The molecule has 62 heavy (non-hydrogen) atoms. The Morgan fingerprint density at radius 2 is 0.790 bits per heavy atom. The van der Waals surface area contributed by atoms with Crippen LogP contribution >= 0.6 is 0 Å². The van der Waals surface area contributed by atoms with Crippen molar-refractivity contribution in [3.63, 3.8) is 0 Å². The van der Waals surface area contributed by atoms with Gasteiger partial charge in [0.15, 0.2) is 0 Å². The standard InChI is InChI=1S/2C26H28N2O3/c2*1-17-8-2-4-10-19(17)24(29)27-15-14-18-9-3-5-11-20(18)23(27)16-28-25(30)21-12-6-7-13-22(21)26(28)31/h2*3,5-7,9,11-13,17,19,23H,2,4,8,10,14-16H2,1H3/t17-,19+,23?;/m0./s1. The summed E-state index contributed by atoms with van der Waals surface area (Å²) in [7, 11) is 0. The Morgan fingerprint density at radius 1 is 0.468 bits per heavy atom. The fourth-order valence-electron chi connectivity index (χ4n) is 11.2. The molecule has 2 saturated carbocycles. The van der Waals surface area contributed by atoms with Gasteiger partial charge in [0, 0.05) is 24.9 Å². The van der Waals surface area contributed by atoms with Crippen LogP contribution in [-0.4, -0.2) is 81.2 Å². The summed E-state index contributed by atoms with van der Waals surface area (Å²) in [4.78, 5) is 86.0. The number of carbonyl (C=O) groups is 6. The molecule has 6 atom stereocenters. The number of hydrogen-bond donors (Lipinski definition) is 0. The van der Waals surface area contributed by atoms with Gasteiger partial charge < -0.3 is 9.80 Å². The van der Waals surface area contributed by atoms with Gasteiger partial charge in [-0.3, -0.25) is 38.6 Å². The molecule has 4 aromatic rings. The smallest absolute Gasteiger partial charge is 0.261 e. The maximum atomic E-state index is 13.7. The number of carbonyl (C=O) groups excluding carboxylic acids is 6. The number of benzene rings is 4. The van der Waals surface area contributed by atoms with E-state index in [1.165, 1.54) is 33.8 Å². The van der Waals surface area contributed by atoms with Crippen molar-refractivity contribution in [3.05, 3.63) is 142 Å². The molecule has 0 aromatic heterocycles. The van der Waals surface area contributed by atoms with E-state index in [4.69, 9.17) is 0 Å². The summed E-state index contributed by atoms with van der Waals surface area (Å²) >= 11 is 0. The number of hydrogen-bond acceptors (Lipinski definition) is 6. The normalized spacial score (nSPS) is 25.4. The Hall–Kier alpha value is -5.90. The minimum Gasteiger partial charge on any atom is -0.333 e. The van der Waals surface area contributed by atoms with E-state index in [1.54, 1.807) is 48.5 Å². The van der Waals surface area contributed by atoms with Crippen molar-refractivity contribution in [2.45, 2.75) is 90.1 Å². The molecule has 4 heterocycles. The summed E-state index contributed by atoms with van der Waals surface area (Å²) < 4.78 is 0. The average Bonchev–Trinajstić information content (AvgIpc) is 3.69. The molecule has 0 spiro atoms. The molecule has 0 bridgehead atoms. The minimum atomic E-state index is -0.297. The molecule has 0 N–H and O–H groups in total. The molecule has 10 heteroatoms. The van der Waals surface area contributed by atoms with E-state index in [0.29, 0.717) is 47.2 Å². The zero-order valence-electron chi connectivity index (χ0n) is 35.8. The van der Waals surface area contributed by atoms with E-state index in [2.05, 4.69) is 26.0 Å². The van der Waals surface area contributed by atoms with Crippen LogP contribution in [0.25, 0.3) is 0 Å². The van der Waals surface area contributed by atoms with Crippen molar-refractivity contribution in [1.82, 2.24) is 19.6 Å². The van der Waals surface area contributed by atoms with E-state index in [0.717, 1.165) is 62.5 Å². The third kappa shape index (κ3) is 7.55. The van der Waals surface area contributed by atoms with Gasteiger partial charge in [-0.2, -0.15) is 0 Å². The predicted octanol–water partition coefficient (Wildman–Crippen LogP) is 8.47. The third-order valence-corrected chi connectivity index (χ3v) is 14.7. The minimum absolute atomic E-state index is 0.0312. The van der Waals surface area contributed by atoms with Gasteiger partial charge in [0.1, 0.15) is 0 Å². The molecule has 2 fully saturated rings. The largest absolute Gasteiger partial charge is 0.333 e. The lowest BCUT2D eigenvalue weighted by Gasteiger charge is -2.42. The Bertz CT molecular complexity index is 2190. The molecule has 0 saturated heterocycles. The van der Waals surface area contributed by atoms with Gasteiger partial charge in [0.25, 0.3) is 23.6 Å². The quantitative estimate of drug-likeness (QED) is 0.180. The SMILES string of the molecule is CC1CCCCC1C(=O)N1CCc2ccccc2C1CN1C(=O)c2ccccc2C1=O.C[C@H]1CCCC[C@H]1C(=O)N1CCc2ccccc2C1CN1C(=O)c2ccccc2C1=O. The van der Waals surface area contributed by atoms with Crippen molar-refractivity contribution in [1.29, 1.82) is 0 Å². The molecule has 0 radical (unpaired) electrons. The highest BCUT2D eigenvalue weighted by atomic mass is 16.2. The first-order chi connectivity index (χ1) is 30.1. The second-order valence-electron chi connectivity index (χ2n) is 18.3. The second kappa shape index (κ2) is 17.5. The number of imide groups is 2. The molecular weight excluding hydrogens is 777 g/mol. The van der Waals surface area contributed by atoms with Gasteiger partial charge in [0.05, 0.1) is 47.4 Å². The number of rotatable bonds is 6. The number of fused-ring (bicyclic) bond motifs is 4. The van der Waals surface area contributed by atoms with E-state index in [-0.39, 0.29) is 72.5 Å². The lowest BCUT2D eigenvalue weighted by atomic mass is 9.78. The molecule has 4 unspecified atom stereocenters. The van der Waals surface area contributed by atoms with Crippen LogP contribution in [0, 0.1) is 23.7 Å². The Kier molecular flexibility index (Phi) is 11.7. The summed E-state index contributed by atoms with van der Waals surface area (Å²) in [5, 5.41) is 0. The molecule has 4 aromatic carbocycles. The summed E-state index contributed by atoms with van der Waals surface area (Å²) in [6.07, 6.45) is 10.2. The molecule has 320 valence electrons. The van der Waals surface area contributed by atoms with Gasteiger partial charge in [-0.15, -0.1) is 0 Å². The molecule has 10 nitrogen and oxygen atoms in total. The molecule has 2 aliphatic carbocycles. The summed E-state index contributed by atoms with van der Waals surface area (Å²) in [5.74, 6) is 0.129. The van der Waals surface area contributed by atoms with Crippen LogP contribution in [0.4, 0.5) is 0 Å². The molecule has 6 aliphatic rings. The van der Waals surface area contributed by atoms with E-state index in [9.17, 15) is 28.8 Å². The highest BCUT2D eigenvalue weighted by Crippen LogP contribution is 2.40. The zero-order valence-corrected chi connectivity index (χ0v) is 35.8. The summed E-state index contributed by atoms with van der Waals surface area (Å²) in [6.45, 7) is 6.03. The van der Waals surface area contributed by atoms with Crippen molar-refractivity contribution in [3.8, 4) is 0 Å². The lowest BCUT2D eigenvalue weighted by Crippen LogP contribution is -2.49. The van der Waals surface area contributed by atoms with Crippen LogP contribution in [0.15, 0.2) is 97.1 Å². The van der Waals surface area contributed by atoms with Crippen molar-refractivity contribution in [2.24, 2.45) is 23.7 Å². The number of nitrogens with zero attached hydrogens (tertiary/aromatic N) is 4. The fraction of sp³-hybridized carbons (Fsp3) is 0.423. The van der Waals surface area contributed by atoms with Crippen LogP contribution < -0.4 is 0 Å². The van der Waals surface area contributed by atoms with Gasteiger partial charge in [-0.1, -0.05) is 112 Å². The first kappa shape index (κ1) is 41.5. The van der Waals surface area contributed by atoms with Crippen LogP contribution in [0.1, 0.15) is 141 Å². The maximum absolute atomic E-state index is 13.7. The number of amides is 6. The van der Waals surface area contributed by atoms with Gasteiger partial charge in [0.2, 0.25) is 11.8 Å². The third-order valence-electron chi connectivity index (χ3n) is 14.7. The van der Waals surface area contributed by atoms with Crippen LogP contribution in [0.5, 0.6) is 0 Å². The van der Waals surface area contributed by atoms with E-state index < -0.39 is 0 Å². The monoisotopic (exact) mass is 832 g/mol. The Morgan fingerprint density at radius 3 is 1.15 bits per heavy atom. The van der Waals surface area contributed by atoms with E-state index in [1.807, 2.05) is 46.2 Å². The highest BCUT2D eigenvalue weighted by molar-refractivity contribution is 6.22. The van der Waals surface area contributed by atoms with Gasteiger partial charge in [-0.25, -0.2) is 0 Å². The Balaban J connectivity index is 0.000000158. The second-order valence-corrected chi connectivity index (χ2v) is 18.3. The zero-order chi connectivity index (χ0) is 43.1. The average molecular weight is 833 g/mol. The Labute approximate surface area is 364 Å². The summed E-state index contributed by atoms with van der Waals surface area (Å²) in [5.41, 5.74) is 6.33. The van der Waals surface area contributed by atoms with Crippen LogP contribution in [0.2, 0.25) is 0 Å². The van der Waals surface area contributed by atoms with Gasteiger partial charge in [-0.05, 0) is 96.9 Å². The molecule has 10 rings (SSSR count). The van der Waals surface area contributed by atoms with Crippen LogP contribution in [-0.2, 0) is 22.4 Å². The molecule has 6 amide bonds. The van der Waals surface area contributed by atoms with Crippen molar-refractivity contribution in [2.75, 3.05) is 26.2 Å². The topological polar surface area (TPSA) is 115 Å². The van der Waals surface area contributed by atoms with Crippen LogP contribution in [0.3, 0.4) is 0 Å².